The predicted octanol–water partition coefficient (Wildman–Crippen LogP) is 2.11. The Kier molecular flexibility index (Phi) is 6.55. The van der Waals surface area contributed by atoms with Crippen LogP contribution in [-0.2, 0) is 0 Å². The number of hydrogen-bond donors (Lipinski definition) is 1. The molecule has 1 aromatic rings. The Hall–Kier alpha value is -1.52. The van der Waals surface area contributed by atoms with E-state index in [9.17, 15) is 4.79 Å². The van der Waals surface area contributed by atoms with Crippen molar-refractivity contribution < 1.29 is 9.53 Å². The highest BCUT2D eigenvalue weighted by Gasteiger charge is 2.21. The number of nitrogens with zero attached hydrogens (tertiary/aromatic N) is 1. The van der Waals surface area contributed by atoms with Crippen molar-refractivity contribution in [2.24, 2.45) is 0 Å². The molecule has 110 valence electrons. The molecule has 20 heavy (non-hydrogen) atoms. The lowest BCUT2D eigenvalue weighted by Gasteiger charge is -2.32. The number of nitrogens with one attached hydrogen (secondary N) is 1. The molecule has 5 heteroatoms. The topological polar surface area (TPSA) is 41.6 Å². The number of rotatable bonds is 4. The van der Waals surface area contributed by atoms with E-state index in [0.29, 0.717) is 18.2 Å². The number of benzene rings is 1. The van der Waals surface area contributed by atoms with Gasteiger partial charge in [0, 0.05) is 31.2 Å². The van der Waals surface area contributed by atoms with Crippen molar-refractivity contribution in [1.82, 2.24) is 10.2 Å². The van der Waals surface area contributed by atoms with Crippen LogP contribution in [0.3, 0.4) is 0 Å². The normalized spacial score (nSPS) is 18.1. The van der Waals surface area contributed by atoms with E-state index in [2.05, 4.69) is 18.8 Å². The second-order valence-electron chi connectivity index (χ2n) is 4.73. The number of halogens is 1. The smallest absolute Gasteiger partial charge is 0.253 e. The predicted molar refractivity (Wildman–Crippen MR) is 82.8 cm³/mol. The fraction of sp³-hybridized carbons (Fsp3) is 0.400. The molecule has 1 saturated heterocycles. The van der Waals surface area contributed by atoms with Gasteiger partial charge in [-0.1, -0.05) is 12.7 Å². The first kappa shape index (κ1) is 16.5. The fourth-order valence-corrected chi connectivity index (χ4v) is 2.15. The lowest BCUT2D eigenvalue weighted by molar-refractivity contribution is 0.0709. The molecule has 2 rings (SSSR count). The molecular weight excluding hydrogens is 276 g/mol. The molecule has 4 nitrogen and oxygen atoms in total. The van der Waals surface area contributed by atoms with E-state index < -0.39 is 0 Å². The lowest BCUT2D eigenvalue weighted by Crippen LogP contribution is -2.51. The average Bonchev–Trinajstić information content (AvgIpc) is 2.45. The average molecular weight is 297 g/mol. The van der Waals surface area contributed by atoms with Crippen LogP contribution in [0.2, 0.25) is 0 Å². The molecule has 0 saturated carbocycles. The minimum Gasteiger partial charge on any atom is -0.490 e. The van der Waals surface area contributed by atoms with Crippen LogP contribution in [0.4, 0.5) is 0 Å². The minimum absolute atomic E-state index is 0. The van der Waals surface area contributed by atoms with Gasteiger partial charge in [-0.2, -0.15) is 0 Å². The number of amides is 1. The van der Waals surface area contributed by atoms with E-state index in [1.807, 2.05) is 29.2 Å². The van der Waals surface area contributed by atoms with Gasteiger partial charge in [0.15, 0.2) is 0 Å². The molecule has 1 aliphatic rings. The maximum atomic E-state index is 12.3. The number of ether oxygens (including phenoxy) is 1. The lowest BCUT2D eigenvalue weighted by atomic mass is 10.1. The molecule has 1 N–H and O–H groups in total. The van der Waals surface area contributed by atoms with Crippen molar-refractivity contribution in [2.45, 2.75) is 13.0 Å². The van der Waals surface area contributed by atoms with Gasteiger partial charge in [-0.25, -0.2) is 0 Å². The van der Waals surface area contributed by atoms with Gasteiger partial charge < -0.3 is 15.0 Å². The van der Waals surface area contributed by atoms with Crippen molar-refractivity contribution in [3.05, 3.63) is 42.5 Å². The van der Waals surface area contributed by atoms with Gasteiger partial charge >= 0.3 is 0 Å². The van der Waals surface area contributed by atoms with Crippen LogP contribution in [0.15, 0.2) is 36.9 Å². The summed E-state index contributed by atoms with van der Waals surface area (Å²) in [5, 5.41) is 3.33. The first-order valence-corrected chi connectivity index (χ1v) is 6.57. The molecule has 0 aromatic heterocycles. The van der Waals surface area contributed by atoms with Crippen LogP contribution in [-0.4, -0.2) is 43.1 Å². The zero-order chi connectivity index (χ0) is 13.7. The first-order chi connectivity index (χ1) is 9.20. The highest BCUT2D eigenvalue weighted by atomic mass is 35.5. The van der Waals surface area contributed by atoms with Gasteiger partial charge in [0.2, 0.25) is 0 Å². The minimum atomic E-state index is 0. The molecule has 1 fully saturated rings. The van der Waals surface area contributed by atoms with Crippen LogP contribution in [0.25, 0.3) is 0 Å². The fourth-order valence-electron chi connectivity index (χ4n) is 2.15. The van der Waals surface area contributed by atoms with Crippen LogP contribution in [0, 0.1) is 0 Å². The number of hydrogen-bond acceptors (Lipinski definition) is 3. The molecule has 0 bridgehead atoms. The van der Waals surface area contributed by atoms with E-state index in [-0.39, 0.29) is 18.3 Å². The van der Waals surface area contributed by atoms with Gasteiger partial charge in [-0.05, 0) is 31.2 Å². The Bertz CT molecular complexity index is 448. The van der Waals surface area contributed by atoms with Crippen molar-refractivity contribution >= 4 is 18.3 Å². The Labute approximate surface area is 126 Å². The Morgan fingerprint density at radius 3 is 2.80 bits per heavy atom. The maximum absolute atomic E-state index is 12.3. The third-order valence-electron chi connectivity index (χ3n) is 3.13. The van der Waals surface area contributed by atoms with Crippen molar-refractivity contribution in [2.75, 3.05) is 26.2 Å². The van der Waals surface area contributed by atoms with Gasteiger partial charge in [0.1, 0.15) is 12.4 Å². The Morgan fingerprint density at radius 1 is 1.50 bits per heavy atom. The summed E-state index contributed by atoms with van der Waals surface area (Å²) in [7, 11) is 0. The highest BCUT2D eigenvalue weighted by molar-refractivity contribution is 5.94. The molecular formula is C15H21ClN2O2. The number of carbonyl (C=O) groups excluding carboxylic acids is 1. The van der Waals surface area contributed by atoms with Crippen molar-refractivity contribution in [1.29, 1.82) is 0 Å². The van der Waals surface area contributed by atoms with Crippen LogP contribution in [0.5, 0.6) is 5.75 Å². The number of piperazine rings is 1. The summed E-state index contributed by atoms with van der Waals surface area (Å²) >= 11 is 0. The largest absolute Gasteiger partial charge is 0.490 e. The second kappa shape index (κ2) is 7.92. The summed E-state index contributed by atoms with van der Waals surface area (Å²) in [6.07, 6.45) is 1.70. The highest BCUT2D eigenvalue weighted by Crippen LogP contribution is 2.14. The summed E-state index contributed by atoms with van der Waals surface area (Å²) in [5.74, 6) is 0.841. The molecule has 1 atom stereocenters. The maximum Gasteiger partial charge on any atom is 0.253 e. The molecule has 1 amide bonds. The van der Waals surface area contributed by atoms with E-state index >= 15 is 0 Å². The standard InChI is InChI=1S/C15H20N2O2.ClH/c1-3-10-19-14-6-4-13(5-7-14)15(18)17-9-8-16-12(2)11-17;/h3-7,12,16H,1,8-11H2,2H3;1H. The van der Waals surface area contributed by atoms with E-state index in [4.69, 9.17) is 4.74 Å². The molecule has 0 radical (unpaired) electrons. The molecule has 1 aliphatic heterocycles. The molecule has 0 aliphatic carbocycles. The first-order valence-electron chi connectivity index (χ1n) is 6.57. The third-order valence-corrected chi connectivity index (χ3v) is 3.13. The van der Waals surface area contributed by atoms with Crippen LogP contribution in [0.1, 0.15) is 17.3 Å². The van der Waals surface area contributed by atoms with Gasteiger partial charge in [0.05, 0.1) is 0 Å². The van der Waals surface area contributed by atoms with E-state index in [1.54, 1.807) is 6.08 Å². The molecule has 1 unspecified atom stereocenters. The van der Waals surface area contributed by atoms with E-state index in [0.717, 1.165) is 25.4 Å². The van der Waals surface area contributed by atoms with Crippen molar-refractivity contribution in [3.63, 3.8) is 0 Å². The SMILES string of the molecule is C=CCOc1ccc(C(=O)N2CCNC(C)C2)cc1.Cl. The van der Waals surface area contributed by atoms with E-state index in [1.165, 1.54) is 0 Å². The molecule has 1 heterocycles. The second-order valence-corrected chi connectivity index (χ2v) is 4.73. The van der Waals surface area contributed by atoms with Gasteiger partial charge in [-0.3, -0.25) is 4.79 Å². The van der Waals surface area contributed by atoms with Gasteiger partial charge in [-0.15, -0.1) is 12.4 Å². The summed E-state index contributed by atoms with van der Waals surface area (Å²) in [5.41, 5.74) is 0.708. The Morgan fingerprint density at radius 2 is 2.20 bits per heavy atom. The monoisotopic (exact) mass is 296 g/mol. The zero-order valence-electron chi connectivity index (χ0n) is 11.7. The summed E-state index contributed by atoms with van der Waals surface area (Å²) < 4.78 is 5.40. The van der Waals surface area contributed by atoms with Crippen molar-refractivity contribution in [3.8, 4) is 5.75 Å². The zero-order valence-corrected chi connectivity index (χ0v) is 12.5. The molecule has 0 spiro atoms. The Balaban J connectivity index is 0.00000200. The van der Waals surface area contributed by atoms with Crippen LogP contribution < -0.4 is 10.1 Å². The summed E-state index contributed by atoms with van der Waals surface area (Å²) in [4.78, 5) is 14.2. The molecule has 1 aromatic carbocycles. The summed E-state index contributed by atoms with van der Waals surface area (Å²) in [6.45, 7) is 8.54. The summed E-state index contributed by atoms with van der Waals surface area (Å²) in [6, 6.07) is 7.62. The van der Waals surface area contributed by atoms with Gasteiger partial charge in [0.25, 0.3) is 5.91 Å². The number of carbonyl (C=O) groups is 1. The van der Waals surface area contributed by atoms with Crippen LogP contribution >= 0.6 is 12.4 Å². The quantitative estimate of drug-likeness (QED) is 0.865. The third kappa shape index (κ3) is 4.25.